The molecule has 0 aliphatic carbocycles. The third kappa shape index (κ3) is 2.99. The molecular formula is C21H17ClN6O. The molecule has 29 heavy (non-hydrogen) atoms. The molecule has 2 heterocycles. The summed E-state index contributed by atoms with van der Waals surface area (Å²) in [6.07, 6.45) is 1.74. The molecule has 2 aromatic carbocycles. The van der Waals surface area contributed by atoms with Crippen LogP contribution in [0.2, 0.25) is 5.02 Å². The van der Waals surface area contributed by atoms with E-state index in [4.69, 9.17) is 23.9 Å². The van der Waals surface area contributed by atoms with Crippen LogP contribution >= 0.6 is 11.6 Å². The maximum atomic E-state index is 12.1. The van der Waals surface area contributed by atoms with Gasteiger partial charge in [-0.1, -0.05) is 29.8 Å². The van der Waals surface area contributed by atoms with Crippen molar-refractivity contribution in [2.45, 2.75) is 13.5 Å². The minimum Gasteiger partial charge on any atom is -0.325 e. The number of aromatic nitrogens is 4. The largest absolute Gasteiger partial charge is 0.325 e. The quantitative estimate of drug-likeness (QED) is 0.505. The molecule has 4 rings (SSSR count). The van der Waals surface area contributed by atoms with Crippen molar-refractivity contribution < 1.29 is 0 Å². The highest BCUT2D eigenvalue weighted by atomic mass is 35.5. The Labute approximate surface area is 171 Å². The van der Waals surface area contributed by atoms with Crippen molar-refractivity contribution in [1.29, 1.82) is 0 Å². The Morgan fingerprint density at radius 1 is 1.24 bits per heavy atom. The SMILES string of the molecule is [C-]#[N+]c1c(-c2c(-c3ccc4c(=O)[nH]nc(CN)c4c3)cnn2C)ccc(C)c1Cl. The number of hydrogen-bond acceptors (Lipinski definition) is 4. The third-order valence-corrected chi connectivity index (χ3v) is 5.46. The van der Waals surface area contributed by atoms with Crippen LogP contribution in [0.15, 0.2) is 41.3 Å². The Kier molecular flexibility index (Phi) is 4.66. The highest BCUT2D eigenvalue weighted by Gasteiger charge is 2.19. The van der Waals surface area contributed by atoms with E-state index in [1.165, 1.54) is 0 Å². The predicted octanol–water partition coefficient (Wildman–Crippen LogP) is 3.96. The average molecular weight is 405 g/mol. The first kappa shape index (κ1) is 18.9. The summed E-state index contributed by atoms with van der Waals surface area (Å²) in [6.45, 7) is 9.67. The van der Waals surface area contributed by atoms with E-state index in [1.54, 1.807) is 16.9 Å². The Bertz CT molecular complexity index is 1360. The summed E-state index contributed by atoms with van der Waals surface area (Å²) in [7, 11) is 1.82. The Hall–Kier alpha value is -3.47. The standard InChI is InChI=1S/C21H17ClN6O/c1-11-4-6-14(19(24-2)18(11)22)20-16(10-25-28(20)3)12-5-7-13-15(8-12)17(9-23)26-27-21(13)29/h4-8,10H,9,23H2,1,3H3,(H,27,29). The van der Waals surface area contributed by atoms with E-state index in [2.05, 4.69) is 20.1 Å². The molecule has 8 heteroatoms. The molecule has 0 saturated heterocycles. The second kappa shape index (κ2) is 7.17. The van der Waals surface area contributed by atoms with Crippen LogP contribution in [0.25, 0.3) is 38.0 Å². The van der Waals surface area contributed by atoms with Gasteiger partial charge in [-0.15, -0.1) is 0 Å². The fourth-order valence-corrected chi connectivity index (χ4v) is 3.68. The molecule has 0 fully saturated rings. The number of benzene rings is 2. The molecule has 0 atom stereocenters. The average Bonchev–Trinajstić information content (AvgIpc) is 3.11. The van der Waals surface area contributed by atoms with Crippen molar-refractivity contribution in [3.8, 4) is 22.4 Å². The Morgan fingerprint density at radius 3 is 2.76 bits per heavy atom. The lowest BCUT2D eigenvalue weighted by atomic mass is 9.97. The molecule has 0 aliphatic rings. The van der Waals surface area contributed by atoms with E-state index in [0.29, 0.717) is 32.7 Å². The Balaban J connectivity index is 2.00. The highest BCUT2D eigenvalue weighted by Crippen LogP contribution is 2.42. The molecule has 2 aromatic heterocycles. The lowest BCUT2D eigenvalue weighted by Crippen LogP contribution is -2.13. The number of nitrogens with two attached hydrogens (primary N) is 1. The van der Waals surface area contributed by atoms with Crippen LogP contribution in [-0.2, 0) is 13.6 Å². The van der Waals surface area contributed by atoms with E-state index >= 15 is 0 Å². The highest BCUT2D eigenvalue weighted by molar-refractivity contribution is 6.35. The molecule has 0 unspecified atom stereocenters. The maximum absolute atomic E-state index is 12.1. The number of rotatable bonds is 3. The lowest BCUT2D eigenvalue weighted by Gasteiger charge is -2.12. The molecule has 0 radical (unpaired) electrons. The van der Waals surface area contributed by atoms with Crippen molar-refractivity contribution in [3.05, 3.63) is 74.6 Å². The van der Waals surface area contributed by atoms with Gasteiger partial charge in [-0.3, -0.25) is 9.48 Å². The molecule has 0 aliphatic heterocycles. The van der Waals surface area contributed by atoms with Crippen LogP contribution in [0.3, 0.4) is 0 Å². The third-order valence-electron chi connectivity index (χ3n) is 4.99. The van der Waals surface area contributed by atoms with Crippen LogP contribution in [0.5, 0.6) is 0 Å². The summed E-state index contributed by atoms with van der Waals surface area (Å²) in [5.41, 5.74) is 10.5. The first-order valence-corrected chi connectivity index (χ1v) is 9.24. The molecule has 0 saturated carbocycles. The zero-order valence-electron chi connectivity index (χ0n) is 15.8. The summed E-state index contributed by atoms with van der Waals surface area (Å²) >= 11 is 6.40. The minimum absolute atomic E-state index is 0.200. The monoisotopic (exact) mass is 404 g/mol. The van der Waals surface area contributed by atoms with Crippen molar-refractivity contribution in [2.75, 3.05) is 0 Å². The van der Waals surface area contributed by atoms with Crippen LogP contribution in [0.4, 0.5) is 5.69 Å². The Morgan fingerprint density at radius 2 is 2.03 bits per heavy atom. The molecule has 0 spiro atoms. The first-order valence-electron chi connectivity index (χ1n) is 8.87. The lowest BCUT2D eigenvalue weighted by molar-refractivity contribution is 0.776. The van der Waals surface area contributed by atoms with Gasteiger partial charge in [0.1, 0.15) is 0 Å². The van der Waals surface area contributed by atoms with E-state index in [-0.39, 0.29) is 12.1 Å². The zero-order chi connectivity index (χ0) is 20.7. The first-order chi connectivity index (χ1) is 14.0. The summed E-state index contributed by atoms with van der Waals surface area (Å²) in [5.74, 6) is 0. The van der Waals surface area contributed by atoms with Gasteiger partial charge in [-0.05, 0) is 30.2 Å². The summed E-state index contributed by atoms with van der Waals surface area (Å²) in [4.78, 5) is 15.8. The number of fused-ring (bicyclic) bond motifs is 1. The van der Waals surface area contributed by atoms with Gasteiger partial charge in [-0.2, -0.15) is 10.2 Å². The number of aryl methyl sites for hydroxylation is 2. The van der Waals surface area contributed by atoms with Crippen LogP contribution in [0.1, 0.15) is 11.3 Å². The van der Waals surface area contributed by atoms with Gasteiger partial charge in [0.15, 0.2) is 0 Å². The van der Waals surface area contributed by atoms with Gasteiger partial charge >= 0.3 is 0 Å². The van der Waals surface area contributed by atoms with Gasteiger partial charge in [0.25, 0.3) is 5.56 Å². The van der Waals surface area contributed by atoms with Crippen molar-refractivity contribution in [2.24, 2.45) is 12.8 Å². The topological polar surface area (TPSA) is 93.9 Å². The van der Waals surface area contributed by atoms with Gasteiger partial charge in [0.05, 0.1) is 34.6 Å². The van der Waals surface area contributed by atoms with E-state index in [1.807, 2.05) is 38.2 Å². The molecule has 0 bridgehead atoms. The molecule has 0 amide bonds. The fourth-order valence-electron chi connectivity index (χ4n) is 3.48. The number of aromatic amines is 1. The fraction of sp³-hybridized carbons (Fsp3) is 0.143. The minimum atomic E-state index is -0.268. The predicted molar refractivity (Wildman–Crippen MR) is 114 cm³/mol. The van der Waals surface area contributed by atoms with Crippen LogP contribution in [-0.4, -0.2) is 20.0 Å². The summed E-state index contributed by atoms with van der Waals surface area (Å²) in [6, 6.07) is 9.26. The molecule has 4 aromatic rings. The second-order valence-corrected chi connectivity index (χ2v) is 7.08. The normalized spacial score (nSPS) is 11.0. The van der Waals surface area contributed by atoms with Gasteiger partial charge < -0.3 is 5.73 Å². The van der Waals surface area contributed by atoms with E-state index in [0.717, 1.165) is 22.4 Å². The molecule has 3 N–H and O–H groups in total. The number of hydrogen-bond donors (Lipinski definition) is 2. The van der Waals surface area contributed by atoms with Gasteiger partial charge in [0, 0.05) is 30.1 Å². The summed E-state index contributed by atoms with van der Waals surface area (Å²) in [5, 5.41) is 12.6. The summed E-state index contributed by atoms with van der Waals surface area (Å²) < 4.78 is 1.72. The number of nitrogens with one attached hydrogen (secondary N) is 1. The van der Waals surface area contributed by atoms with Crippen molar-refractivity contribution in [3.63, 3.8) is 0 Å². The molecule has 7 nitrogen and oxygen atoms in total. The van der Waals surface area contributed by atoms with E-state index in [9.17, 15) is 4.79 Å². The molecular weight excluding hydrogens is 388 g/mol. The van der Waals surface area contributed by atoms with Crippen molar-refractivity contribution >= 4 is 28.1 Å². The zero-order valence-corrected chi connectivity index (χ0v) is 16.6. The second-order valence-electron chi connectivity index (χ2n) is 6.70. The smallest absolute Gasteiger partial charge is 0.272 e. The van der Waals surface area contributed by atoms with Gasteiger partial charge in [-0.25, -0.2) is 9.94 Å². The van der Waals surface area contributed by atoms with Gasteiger partial charge in [0.2, 0.25) is 5.69 Å². The van der Waals surface area contributed by atoms with Crippen LogP contribution < -0.4 is 11.3 Å². The van der Waals surface area contributed by atoms with Crippen LogP contribution in [0, 0.1) is 13.5 Å². The maximum Gasteiger partial charge on any atom is 0.272 e. The molecule has 144 valence electrons. The van der Waals surface area contributed by atoms with E-state index < -0.39 is 0 Å². The number of H-pyrrole nitrogens is 1. The number of nitrogens with zero attached hydrogens (tertiary/aromatic N) is 4. The van der Waals surface area contributed by atoms with Crippen molar-refractivity contribution in [1.82, 2.24) is 20.0 Å². The number of halogens is 1.